The number of halogens is 1. The number of rotatable bonds is 5. The van der Waals surface area contributed by atoms with Crippen molar-refractivity contribution in [3.05, 3.63) is 51.1 Å². The van der Waals surface area contributed by atoms with Gasteiger partial charge in [0.05, 0.1) is 11.9 Å². The van der Waals surface area contributed by atoms with E-state index in [9.17, 15) is 9.59 Å². The Bertz CT molecular complexity index is 699. The van der Waals surface area contributed by atoms with E-state index in [-0.39, 0.29) is 17.2 Å². The second-order valence-corrected chi connectivity index (χ2v) is 5.40. The van der Waals surface area contributed by atoms with Gasteiger partial charge in [0.1, 0.15) is 5.69 Å². The predicted molar refractivity (Wildman–Crippen MR) is 83.3 cm³/mol. The molecular weight excluding hydrogens is 336 g/mol. The van der Waals surface area contributed by atoms with Gasteiger partial charge in [-0.3, -0.25) is 14.6 Å². The Morgan fingerprint density at radius 1 is 1.38 bits per heavy atom. The van der Waals surface area contributed by atoms with Gasteiger partial charge in [-0.1, -0.05) is 13.3 Å². The quantitative estimate of drug-likeness (QED) is 0.898. The molecule has 0 radical (unpaired) electrons. The highest BCUT2D eigenvalue weighted by Gasteiger charge is 2.10. The molecule has 0 bridgehead atoms. The lowest BCUT2D eigenvalue weighted by atomic mass is 10.3. The highest BCUT2D eigenvalue weighted by molar-refractivity contribution is 9.10. The number of hydrogen-bond acceptors (Lipinski definition) is 4. The van der Waals surface area contributed by atoms with Crippen LogP contribution in [-0.4, -0.2) is 20.7 Å². The van der Waals surface area contributed by atoms with E-state index in [4.69, 9.17) is 0 Å². The van der Waals surface area contributed by atoms with Gasteiger partial charge in [-0.25, -0.2) is 4.68 Å². The molecule has 2 rings (SSSR count). The summed E-state index contributed by atoms with van der Waals surface area (Å²) in [7, 11) is 0. The maximum absolute atomic E-state index is 12.1. The van der Waals surface area contributed by atoms with E-state index in [2.05, 4.69) is 31.3 Å². The van der Waals surface area contributed by atoms with Crippen LogP contribution in [0.3, 0.4) is 0 Å². The second-order valence-electron chi connectivity index (χ2n) is 4.48. The average molecular weight is 351 g/mol. The molecule has 0 saturated carbocycles. The van der Waals surface area contributed by atoms with E-state index in [0.29, 0.717) is 12.2 Å². The van der Waals surface area contributed by atoms with Crippen LogP contribution in [0, 0.1) is 0 Å². The van der Waals surface area contributed by atoms with Gasteiger partial charge in [0, 0.05) is 23.3 Å². The van der Waals surface area contributed by atoms with E-state index in [1.807, 2.05) is 6.92 Å². The summed E-state index contributed by atoms with van der Waals surface area (Å²) in [6, 6.07) is 4.51. The Morgan fingerprint density at radius 2 is 2.19 bits per heavy atom. The maximum atomic E-state index is 12.1. The number of hydrogen-bond donors (Lipinski definition) is 1. The summed E-state index contributed by atoms with van der Waals surface area (Å²) in [6.45, 7) is 2.54. The Labute approximate surface area is 130 Å². The molecule has 0 unspecified atom stereocenters. The lowest BCUT2D eigenvalue weighted by molar-refractivity contribution is 0.101. The first-order valence-electron chi connectivity index (χ1n) is 6.60. The van der Waals surface area contributed by atoms with Crippen LogP contribution in [0.2, 0.25) is 0 Å². The first-order chi connectivity index (χ1) is 10.1. The van der Waals surface area contributed by atoms with Gasteiger partial charge >= 0.3 is 0 Å². The Hall–Kier alpha value is -2.02. The van der Waals surface area contributed by atoms with Crippen molar-refractivity contribution in [2.24, 2.45) is 0 Å². The van der Waals surface area contributed by atoms with Crippen molar-refractivity contribution in [3.8, 4) is 0 Å². The van der Waals surface area contributed by atoms with Crippen LogP contribution < -0.4 is 10.9 Å². The number of carbonyl (C=O) groups is 1. The van der Waals surface area contributed by atoms with Crippen molar-refractivity contribution in [1.82, 2.24) is 14.8 Å². The molecule has 110 valence electrons. The smallest absolute Gasteiger partial charge is 0.276 e. The van der Waals surface area contributed by atoms with E-state index in [0.717, 1.165) is 17.3 Å². The lowest BCUT2D eigenvalue weighted by Crippen LogP contribution is -2.26. The van der Waals surface area contributed by atoms with Crippen LogP contribution >= 0.6 is 15.9 Å². The zero-order valence-corrected chi connectivity index (χ0v) is 13.1. The number of amides is 1. The van der Waals surface area contributed by atoms with Crippen molar-refractivity contribution in [2.45, 2.75) is 26.3 Å². The summed E-state index contributed by atoms with van der Waals surface area (Å²) in [4.78, 5) is 27.8. The molecule has 1 amide bonds. The van der Waals surface area contributed by atoms with Crippen LogP contribution in [0.5, 0.6) is 0 Å². The molecule has 0 saturated heterocycles. The van der Waals surface area contributed by atoms with Gasteiger partial charge in [-0.05, 0) is 34.5 Å². The third-order valence-electron chi connectivity index (χ3n) is 2.79. The van der Waals surface area contributed by atoms with Crippen molar-refractivity contribution in [2.75, 3.05) is 5.32 Å². The van der Waals surface area contributed by atoms with Crippen molar-refractivity contribution < 1.29 is 4.79 Å². The van der Waals surface area contributed by atoms with Gasteiger partial charge in [-0.2, -0.15) is 5.10 Å². The molecule has 2 aromatic heterocycles. The van der Waals surface area contributed by atoms with Crippen LogP contribution in [0.25, 0.3) is 0 Å². The molecule has 0 fully saturated rings. The monoisotopic (exact) mass is 350 g/mol. The van der Waals surface area contributed by atoms with Gasteiger partial charge in [0.2, 0.25) is 0 Å². The molecule has 6 nitrogen and oxygen atoms in total. The summed E-state index contributed by atoms with van der Waals surface area (Å²) in [5.74, 6) is -0.375. The lowest BCUT2D eigenvalue weighted by Gasteiger charge is -2.07. The first-order valence-corrected chi connectivity index (χ1v) is 7.39. The Kier molecular flexibility index (Phi) is 5.21. The Morgan fingerprint density at radius 3 is 2.90 bits per heavy atom. The molecule has 7 heteroatoms. The number of carbonyl (C=O) groups excluding carboxylic acids is 1. The minimum atomic E-state index is -0.375. The third kappa shape index (κ3) is 4.22. The maximum Gasteiger partial charge on any atom is 0.276 e. The van der Waals surface area contributed by atoms with Crippen LogP contribution in [0.4, 0.5) is 5.69 Å². The van der Waals surface area contributed by atoms with Crippen molar-refractivity contribution in [3.63, 3.8) is 0 Å². The second kappa shape index (κ2) is 7.12. The Balaban J connectivity index is 2.17. The first kappa shape index (κ1) is 15.4. The summed E-state index contributed by atoms with van der Waals surface area (Å²) in [5.41, 5.74) is 0.553. The van der Waals surface area contributed by atoms with Crippen LogP contribution in [0.1, 0.15) is 30.3 Å². The van der Waals surface area contributed by atoms with Gasteiger partial charge in [0.15, 0.2) is 0 Å². The number of anilines is 1. The normalized spacial score (nSPS) is 10.4. The molecule has 0 aliphatic rings. The SMILES string of the molecule is CCCCn1nc(C(=O)Nc2cncc(Br)c2)ccc1=O. The van der Waals surface area contributed by atoms with Crippen molar-refractivity contribution in [1.29, 1.82) is 0 Å². The molecule has 2 heterocycles. The van der Waals surface area contributed by atoms with E-state index in [1.165, 1.54) is 23.0 Å². The highest BCUT2D eigenvalue weighted by atomic mass is 79.9. The van der Waals surface area contributed by atoms with Crippen molar-refractivity contribution >= 4 is 27.5 Å². The number of aromatic nitrogens is 3. The number of nitrogens with zero attached hydrogens (tertiary/aromatic N) is 3. The molecule has 2 aromatic rings. The standard InChI is InChI=1S/C14H15BrN4O2/c1-2-3-6-19-13(20)5-4-12(18-19)14(21)17-11-7-10(15)8-16-9-11/h4-5,7-9H,2-3,6H2,1H3,(H,17,21). The number of pyridine rings is 1. The molecule has 0 aliphatic carbocycles. The number of aryl methyl sites for hydroxylation is 1. The predicted octanol–water partition coefficient (Wildman–Crippen LogP) is 2.45. The fraction of sp³-hybridized carbons (Fsp3) is 0.286. The van der Waals surface area contributed by atoms with E-state index >= 15 is 0 Å². The molecule has 0 atom stereocenters. The number of nitrogens with one attached hydrogen (secondary N) is 1. The summed E-state index contributed by atoms with van der Waals surface area (Å²) >= 11 is 3.28. The van der Waals surface area contributed by atoms with Crippen LogP contribution in [0.15, 0.2) is 39.9 Å². The summed E-state index contributed by atoms with van der Waals surface area (Å²) in [5, 5.41) is 6.78. The molecular formula is C14H15BrN4O2. The number of unbranched alkanes of at least 4 members (excludes halogenated alkanes) is 1. The van der Waals surface area contributed by atoms with E-state index in [1.54, 1.807) is 12.3 Å². The highest BCUT2D eigenvalue weighted by Crippen LogP contribution is 2.14. The van der Waals surface area contributed by atoms with Gasteiger partial charge in [-0.15, -0.1) is 0 Å². The van der Waals surface area contributed by atoms with E-state index < -0.39 is 0 Å². The molecule has 0 spiro atoms. The fourth-order valence-electron chi connectivity index (χ4n) is 1.71. The summed E-state index contributed by atoms with van der Waals surface area (Å²) < 4.78 is 2.08. The zero-order valence-electron chi connectivity index (χ0n) is 11.5. The summed E-state index contributed by atoms with van der Waals surface area (Å²) in [6.07, 6.45) is 4.95. The van der Waals surface area contributed by atoms with Crippen LogP contribution in [-0.2, 0) is 6.54 Å². The molecule has 0 aromatic carbocycles. The largest absolute Gasteiger partial charge is 0.319 e. The minimum absolute atomic E-state index is 0.200. The zero-order chi connectivity index (χ0) is 15.2. The van der Waals surface area contributed by atoms with Gasteiger partial charge < -0.3 is 5.32 Å². The average Bonchev–Trinajstić information content (AvgIpc) is 2.46. The molecule has 0 aliphatic heterocycles. The molecule has 1 N–H and O–H groups in total. The van der Waals surface area contributed by atoms with Gasteiger partial charge in [0.25, 0.3) is 11.5 Å². The fourth-order valence-corrected chi connectivity index (χ4v) is 2.08. The third-order valence-corrected chi connectivity index (χ3v) is 3.22. The minimum Gasteiger partial charge on any atom is -0.319 e. The topological polar surface area (TPSA) is 76.9 Å². The molecule has 21 heavy (non-hydrogen) atoms.